The van der Waals surface area contributed by atoms with Crippen LogP contribution in [-0.2, 0) is 6.54 Å². The van der Waals surface area contributed by atoms with Gasteiger partial charge in [0.05, 0.1) is 18.6 Å². The van der Waals surface area contributed by atoms with E-state index in [0.717, 1.165) is 41.8 Å². The number of nitrogens with one attached hydrogen (secondary N) is 2. The second-order valence-corrected chi connectivity index (χ2v) is 9.47. The highest BCUT2D eigenvalue weighted by Gasteiger charge is 2.44. The van der Waals surface area contributed by atoms with Crippen molar-refractivity contribution in [1.29, 1.82) is 0 Å². The predicted molar refractivity (Wildman–Crippen MR) is 133 cm³/mol. The molecule has 4 aromatic rings. The number of hydrogen-bond donors (Lipinski definition) is 2. The first-order valence-corrected chi connectivity index (χ1v) is 12.0. The molecule has 6 rings (SSSR count). The van der Waals surface area contributed by atoms with Crippen molar-refractivity contribution in [3.63, 3.8) is 0 Å². The average Bonchev–Trinajstić information content (AvgIpc) is 3.52. The number of aromatic nitrogens is 4. The van der Waals surface area contributed by atoms with E-state index in [1.165, 1.54) is 23.9 Å². The molecule has 10 heteroatoms. The summed E-state index contributed by atoms with van der Waals surface area (Å²) in [4.78, 5) is 25.6. The van der Waals surface area contributed by atoms with Gasteiger partial charge >= 0.3 is 0 Å². The van der Waals surface area contributed by atoms with Crippen LogP contribution in [0.5, 0.6) is 0 Å². The number of hydrogen-bond acceptors (Lipinski definition) is 6. The molecule has 0 saturated carbocycles. The maximum Gasteiger partial charge on any atom is 0.282 e. The summed E-state index contributed by atoms with van der Waals surface area (Å²) in [6, 6.07) is 11.2. The normalized spacial score (nSPS) is 17.3. The van der Waals surface area contributed by atoms with Gasteiger partial charge in [0.25, 0.3) is 11.8 Å². The molecule has 2 saturated heterocycles. The third kappa shape index (κ3) is 4.51. The van der Waals surface area contributed by atoms with Gasteiger partial charge in [-0.25, -0.2) is 13.8 Å². The molecule has 0 radical (unpaired) electrons. The lowest BCUT2D eigenvalue weighted by molar-refractivity contribution is -0.0267. The molecular formula is C26H25F2N7O. The van der Waals surface area contributed by atoms with Crippen LogP contribution >= 0.6 is 0 Å². The van der Waals surface area contributed by atoms with Gasteiger partial charge in [-0.15, -0.1) is 0 Å². The van der Waals surface area contributed by atoms with Crippen LogP contribution in [0.25, 0.3) is 22.0 Å². The fourth-order valence-electron chi connectivity index (χ4n) is 4.83. The molecule has 0 aliphatic carbocycles. The number of benzene rings is 1. The number of anilines is 2. The summed E-state index contributed by atoms with van der Waals surface area (Å²) in [5.74, 6) is -2.70. The Balaban J connectivity index is 1.22. The predicted octanol–water partition coefficient (Wildman–Crippen LogP) is 4.32. The smallest absolute Gasteiger partial charge is 0.282 e. The molecule has 2 aliphatic heterocycles. The Morgan fingerprint density at radius 1 is 1.06 bits per heavy atom. The zero-order chi connectivity index (χ0) is 24.7. The van der Waals surface area contributed by atoms with Crippen molar-refractivity contribution in [3.05, 3.63) is 66.2 Å². The van der Waals surface area contributed by atoms with E-state index in [4.69, 9.17) is 0 Å². The molecule has 3 aromatic heterocycles. The highest BCUT2D eigenvalue weighted by Crippen LogP contribution is 2.32. The molecule has 0 spiro atoms. The standard InChI is InChI=1S/C26H25F2N7O/c27-26(28)15-35(16-26)23-11-20(5-6-30-23)31-25(36)24-21-10-18(3-4-22(21)32-33-24)19-9-17(12-29-13-19)14-34-7-1-2-8-34/h3-6,9-13H,1-2,7-8,14-16H2,(H,32,33)(H,30,31,36). The van der Waals surface area contributed by atoms with Crippen molar-refractivity contribution in [2.75, 3.05) is 36.4 Å². The summed E-state index contributed by atoms with van der Waals surface area (Å²) in [6.45, 7) is 2.36. The molecule has 2 fully saturated rings. The lowest BCUT2D eigenvalue weighted by atomic mass is 10.0. The molecule has 0 atom stereocenters. The number of halogens is 2. The minimum atomic E-state index is -2.70. The van der Waals surface area contributed by atoms with Crippen LogP contribution < -0.4 is 10.2 Å². The van der Waals surface area contributed by atoms with E-state index < -0.39 is 11.8 Å². The molecule has 1 amide bonds. The lowest BCUT2D eigenvalue weighted by Gasteiger charge is -2.39. The van der Waals surface area contributed by atoms with Gasteiger partial charge in [0.1, 0.15) is 5.82 Å². The average molecular weight is 490 g/mol. The van der Waals surface area contributed by atoms with Crippen molar-refractivity contribution in [2.45, 2.75) is 25.3 Å². The molecule has 2 N–H and O–H groups in total. The molecular weight excluding hydrogens is 464 g/mol. The van der Waals surface area contributed by atoms with E-state index in [9.17, 15) is 13.6 Å². The van der Waals surface area contributed by atoms with E-state index in [1.807, 2.05) is 30.6 Å². The van der Waals surface area contributed by atoms with E-state index >= 15 is 0 Å². The van der Waals surface area contributed by atoms with Crippen LogP contribution in [0.3, 0.4) is 0 Å². The van der Waals surface area contributed by atoms with Crippen molar-refractivity contribution in [3.8, 4) is 11.1 Å². The van der Waals surface area contributed by atoms with Crippen LogP contribution in [0.2, 0.25) is 0 Å². The van der Waals surface area contributed by atoms with Gasteiger partial charge in [0.15, 0.2) is 5.69 Å². The number of rotatable bonds is 6. The maximum atomic E-state index is 13.2. The van der Waals surface area contributed by atoms with Crippen molar-refractivity contribution < 1.29 is 13.6 Å². The number of alkyl halides is 2. The summed E-state index contributed by atoms with van der Waals surface area (Å²) in [5, 5.41) is 10.6. The first-order chi connectivity index (χ1) is 17.4. The molecule has 5 heterocycles. The van der Waals surface area contributed by atoms with Crippen molar-refractivity contribution in [2.24, 2.45) is 0 Å². The van der Waals surface area contributed by atoms with Gasteiger partial charge in [-0.1, -0.05) is 6.07 Å². The minimum Gasteiger partial charge on any atom is -0.344 e. The Kier molecular flexibility index (Phi) is 5.60. The topological polar surface area (TPSA) is 90.0 Å². The molecule has 2 aliphatic rings. The zero-order valence-electron chi connectivity index (χ0n) is 19.5. The fraction of sp³-hybridized carbons (Fsp3) is 0.308. The number of amides is 1. The second kappa shape index (κ2) is 8.94. The van der Waals surface area contributed by atoms with E-state index in [-0.39, 0.29) is 18.8 Å². The lowest BCUT2D eigenvalue weighted by Crippen LogP contribution is -2.56. The Morgan fingerprint density at radius 2 is 1.89 bits per heavy atom. The van der Waals surface area contributed by atoms with Crippen molar-refractivity contribution in [1.82, 2.24) is 25.1 Å². The fourth-order valence-corrected chi connectivity index (χ4v) is 4.83. The Labute approximate surface area is 206 Å². The Morgan fingerprint density at radius 3 is 2.69 bits per heavy atom. The highest BCUT2D eigenvalue weighted by atomic mass is 19.3. The van der Waals surface area contributed by atoms with Gasteiger partial charge < -0.3 is 10.2 Å². The van der Waals surface area contributed by atoms with Gasteiger partial charge in [-0.2, -0.15) is 5.10 Å². The summed E-state index contributed by atoms with van der Waals surface area (Å²) in [6.07, 6.45) is 7.70. The Hall–Kier alpha value is -3.92. The van der Waals surface area contributed by atoms with E-state index in [1.54, 1.807) is 12.1 Å². The quantitative estimate of drug-likeness (QED) is 0.419. The SMILES string of the molecule is O=C(Nc1ccnc(N2CC(F)(F)C2)c1)c1n[nH]c2ccc(-c3cncc(CN4CCCC4)c3)cc12. The van der Waals surface area contributed by atoms with Gasteiger partial charge in [-0.3, -0.25) is 19.8 Å². The molecule has 36 heavy (non-hydrogen) atoms. The summed E-state index contributed by atoms with van der Waals surface area (Å²) in [7, 11) is 0. The maximum absolute atomic E-state index is 13.2. The van der Waals surface area contributed by atoms with Crippen LogP contribution in [0.15, 0.2) is 55.0 Å². The van der Waals surface area contributed by atoms with Crippen LogP contribution in [-0.4, -0.2) is 63.1 Å². The minimum absolute atomic E-state index is 0.252. The first-order valence-electron chi connectivity index (χ1n) is 12.0. The molecule has 0 bridgehead atoms. The van der Waals surface area contributed by atoms with Crippen LogP contribution in [0.4, 0.5) is 20.3 Å². The molecule has 184 valence electrons. The number of carbonyl (C=O) groups is 1. The number of aromatic amines is 1. The van der Waals surface area contributed by atoms with Gasteiger partial charge in [0.2, 0.25) is 0 Å². The Bertz CT molecular complexity index is 1420. The van der Waals surface area contributed by atoms with Gasteiger partial charge in [-0.05, 0) is 61.3 Å². The zero-order valence-corrected chi connectivity index (χ0v) is 19.5. The number of pyridine rings is 2. The van der Waals surface area contributed by atoms with E-state index in [2.05, 4.69) is 36.4 Å². The third-order valence-corrected chi connectivity index (χ3v) is 6.68. The summed E-state index contributed by atoms with van der Waals surface area (Å²) >= 11 is 0. The molecule has 1 aromatic carbocycles. The number of likely N-dealkylation sites (tertiary alicyclic amines) is 1. The number of H-pyrrole nitrogens is 1. The highest BCUT2D eigenvalue weighted by molar-refractivity contribution is 6.11. The van der Waals surface area contributed by atoms with E-state index in [0.29, 0.717) is 16.9 Å². The molecule has 0 unspecified atom stereocenters. The number of fused-ring (bicyclic) bond motifs is 1. The number of carbonyl (C=O) groups excluding carboxylic acids is 1. The molecule has 8 nitrogen and oxygen atoms in total. The second-order valence-electron chi connectivity index (χ2n) is 9.47. The van der Waals surface area contributed by atoms with Crippen LogP contribution in [0, 0.1) is 0 Å². The summed E-state index contributed by atoms with van der Waals surface area (Å²) < 4.78 is 26.5. The monoisotopic (exact) mass is 489 g/mol. The van der Waals surface area contributed by atoms with Crippen LogP contribution in [0.1, 0.15) is 28.9 Å². The van der Waals surface area contributed by atoms with Gasteiger partial charge in [0, 0.05) is 47.8 Å². The van der Waals surface area contributed by atoms with Crippen molar-refractivity contribution >= 4 is 28.3 Å². The number of nitrogens with zero attached hydrogens (tertiary/aromatic N) is 5. The first kappa shape index (κ1) is 22.5. The third-order valence-electron chi connectivity index (χ3n) is 6.68. The summed E-state index contributed by atoms with van der Waals surface area (Å²) in [5.41, 5.74) is 4.54. The largest absolute Gasteiger partial charge is 0.344 e.